The summed E-state index contributed by atoms with van der Waals surface area (Å²) in [7, 11) is 0. The molecule has 2 aliphatic carbocycles. The van der Waals surface area contributed by atoms with Gasteiger partial charge in [-0.3, -0.25) is 9.59 Å². The molecule has 0 N–H and O–H groups in total. The molecule has 3 fully saturated rings. The van der Waals surface area contributed by atoms with Crippen molar-refractivity contribution < 1.29 is 14.1 Å². The van der Waals surface area contributed by atoms with Crippen LogP contribution in [0.5, 0.6) is 0 Å². The van der Waals surface area contributed by atoms with Gasteiger partial charge < -0.3 is 4.52 Å². The molecule has 5 nitrogen and oxygen atoms in total. The molecule has 122 valence electrons. The predicted molar refractivity (Wildman–Crippen MR) is 86.1 cm³/mol. The average molecular weight is 322 g/mol. The van der Waals surface area contributed by atoms with Crippen molar-refractivity contribution in [1.29, 1.82) is 0 Å². The Labute approximate surface area is 139 Å². The summed E-state index contributed by atoms with van der Waals surface area (Å²) in [5.41, 5.74) is 1.29. The summed E-state index contributed by atoms with van der Waals surface area (Å²) in [6.45, 7) is 1.76. The normalized spacial score (nSPS) is 34.2. The first-order valence-electron chi connectivity index (χ1n) is 8.51. The van der Waals surface area contributed by atoms with E-state index in [1.807, 2.05) is 18.2 Å². The molecule has 1 aliphatic heterocycles. The van der Waals surface area contributed by atoms with Crippen LogP contribution in [0.15, 0.2) is 40.9 Å². The molecule has 2 saturated carbocycles. The third kappa shape index (κ3) is 1.72. The Bertz CT molecular complexity index is 828. The van der Waals surface area contributed by atoms with E-state index in [9.17, 15) is 9.59 Å². The van der Waals surface area contributed by atoms with Crippen molar-refractivity contribution in [3.8, 4) is 0 Å². The largest absolute Gasteiger partial charge is 0.360 e. The van der Waals surface area contributed by atoms with E-state index in [4.69, 9.17) is 4.52 Å². The van der Waals surface area contributed by atoms with Gasteiger partial charge in [-0.05, 0) is 43.1 Å². The van der Waals surface area contributed by atoms with E-state index in [-0.39, 0.29) is 29.6 Å². The molecular weight excluding hydrogens is 304 g/mol. The molecule has 1 saturated heterocycles. The predicted octanol–water partition coefficient (Wildman–Crippen LogP) is 2.91. The van der Waals surface area contributed by atoms with Crippen LogP contribution in [0.2, 0.25) is 0 Å². The number of amides is 2. The van der Waals surface area contributed by atoms with Crippen molar-refractivity contribution in [1.82, 2.24) is 5.16 Å². The van der Waals surface area contributed by atoms with Crippen molar-refractivity contribution >= 4 is 17.6 Å². The quantitative estimate of drug-likeness (QED) is 0.798. The second kappa shape index (κ2) is 4.79. The molecule has 5 heteroatoms. The molecule has 2 bridgehead atoms. The number of imide groups is 1. The Morgan fingerprint density at radius 3 is 2.54 bits per heavy atom. The molecule has 0 radical (unpaired) electrons. The highest BCUT2D eigenvalue weighted by atomic mass is 16.5. The number of aromatic nitrogens is 1. The van der Waals surface area contributed by atoms with E-state index >= 15 is 0 Å². The first kappa shape index (κ1) is 14.0. The fourth-order valence-corrected chi connectivity index (χ4v) is 5.23. The summed E-state index contributed by atoms with van der Waals surface area (Å²) < 4.78 is 5.06. The number of hydrogen-bond acceptors (Lipinski definition) is 4. The molecular formula is C19H18N2O3. The highest BCUT2D eigenvalue weighted by molar-refractivity contribution is 6.22. The molecule has 2 amide bonds. The minimum absolute atomic E-state index is 0.0858. The second-order valence-corrected chi connectivity index (χ2v) is 7.27. The topological polar surface area (TPSA) is 63.4 Å². The number of fused-ring (bicyclic) bond motifs is 5. The lowest BCUT2D eigenvalue weighted by Gasteiger charge is -2.28. The van der Waals surface area contributed by atoms with E-state index < -0.39 is 0 Å². The molecule has 5 rings (SSSR count). The molecule has 1 aromatic carbocycles. The zero-order valence-electron chi connectivity index (χ0n) is 13.4. The summed E-state index contributed by atoms with van der Waals surface area (Å²) in [6.07, 6.45) is 1.98. The monoisotopic (exact) mass is 322 g/mol. The van der Waals surface area contributed by atoms with Crippen LogP contribution in [-0.2, 0) is 9.59 Å². The van der Waals surface area contributed by atoms with E-state index in [1.165, 1.54) is 10.5 Å². The van der Waals surface area contributed by atoms with Gasteiger partial charge in [-0.15, -0.1) is 0 Å². The zero-order valence-corrected chi connectivity index (χ0v) is 13.4. The molecule has 2 heterocycles. The number of aryl methyl sites for hydroxylation is 1. The standard InChI is InChI=1S/C19H18N2O3/c1-10-7-15(20-24-10)21-18(22)16-12-8-13(11-5-3-2-4-6-11)14(9-12)17(16)19(21)23/h2-7,12-14,16-17H,8-9H2,1H3/t12-,13+,14-,16+,17-/m0/s1. The summed E-state index contributed by atoms with van der Waals surface area (Å²) in [5, 5.41) is 3.88. The minimum Gasteiger partial charge on any atom is -0.360 e. The van der Waals surface area contributed by atoms with E-state index in [1.54, 1.807) is 13.0 Å². The van der Waals surface area contributed by atoms with Crippen LogP contribution >= 0.6 is 0 Å². The Morgan fingerprint density at radius 2 is 1.83 bits per heavy atom. The number of rotatable bonds is 2. The van der Waals surface area contributed by atoms with Gasteiger partial charge in [0.15, 0.2) is 5.82 Å². The molecule has 2 aromatic rings. The number of benzene rings is 1. The molecule has 24 heavy (non-hydrogen) atoms. The van der Waals surface area contributed by atoms with Crippen molar-refractivity contribution in [2.24, 2.45) is 23.7 Å². The van der Waals surface area contributed by atoms with Gasteiger partial charge in [0.2, 0.25) is 11.8 Å². The van der Waals surface area contributed by atoms with Gasteiger partial charge in [-0.25, -0.2) is 4.90 Å². The fourth-order valence-electron chi connectivity index (χ4n) is 5.23. The van der Waals surface area contributed by atoms with E-state index in [0.717, 1.165) is 12.8 Å². The van der Waals surface area contributed by atoms with Gasteiger partial charge in [-0.2, -0.15) is 0 Å². The number of nitrogens with zero attached hydrogens (tertiary/aromatic N) is 2. The van der Waals surface area contributed by atoms with Gasteiger partial charge in [0.05, 0.1) is 11.8 Å². The Hall–Kier alpha value is -2.43. The Morgan fingerprint density at radius 1 is 1.08 bits per heavy atom. The number of anilines is 1. The summed E-state index contributed by atoms with van der Waals surface area (Å²) in [4.78, 5) is 27.1. The van der Waals surface area contributed by atoms with Crippen molar-refractivity contribution in [3.05, 3.63) is 47.7 Å². The molecule has 1 aromatic heterocycles. The van der Waals surface area contributed by atoms with Gasteiger partial charge in [0.25, 0.3) is 0 Å². The highest BCUT2D eigenvalue weighted by Crippen LogP contribution is 2.61. The van der Waals surface area contributed by atoms with Crippen molar-refractivity contribution in [2.45, 2.75) is 25.7 Å². The SMILES string of the molecule is Cc1cc(N2C(=O)[C@@H]3[C@@H]4C[C@H]([C@@H]3C2=O)[C@@H](c2ccccc2)C4)no1. The second-order valence-electron chi connectivity index (χ2n) is 7.27. The number of hydrogen-bond donors (Lipinski definition) is 0. The Balaban J connectivity index is 1.50. The minimum atomic E-state index is -0.196. The Kier molecular flexibility index (Phi) is 2.78. The lowest BCUT2D eigenvalue weighted by atomic mass is 9.73. The maximum atomic E-state index is 13.0. The highest BCUT2D eigenvalue weighted by Gasteiger charge is 2.64. The van der Waals surface area contributed by atoms with E-state index in [2.05, 4.69) is 17.3 Å². The van der Waals surface area contributed by atoms with Crippen molar-refractivity contribution in [3.63, 3.8) is 0 Å². The van der Waals surface area contributed by atoms with Gasteiger partial charge in [0, 0.05) is 6.07 Å². The van der Waals surface area contributed by atoms with E-state index in [0.29, 0.717) is 23.4 Å². The number of carbonyl (C=O) groups excluding carboxylic acids is 2. The van der Waals surface area contributed by atoms with Crippen molar-refractivity contribution in [2.75, 3.05) is 4.90 Å². The maximum Gasteiger partial charge on any atom is 0.239 e. The van der Waals surface area contributed by atoms with Crippen LogP contribution in [0.1, 0.15) is 30.1 Å². The average Bonchev–Trinajstić information content (AvgIpc) is 3.32. The lowest BCUT2D eigenvalue weighted by Crippen LogP contribution is -2.33. The maximum absolute atomic E-state index is 13.0. The van der Waals surface area contributed by atoms with Crippen LogP contribution in [-0.4, -0.2) is 17.0 Å². The van der Waals surface area contributed by atoms with Crippen LogP contribution in [0.4, 0.5) is 5.82 Å². The van der Waals surface area contributed by atoms with Gasteiger partial charge >= 0.3 is 0 Å². The first-order chi connectivity index (χ1) is 11.6. The molecule has 0 spiro atoms. The lowest BCUT2D eigenvalue weighted by molar-refractivity contribution is -0.123. The molecule has 5 atom stereocenters. The van der Waals surface area contributed by atoms with Crippen LogP contribution in [0.3, 0.4) is 0 Å². The molecule has 3 aliphatic rings. The fraction of sp³-hybridized carbons (Fsp3) is 0.421. The zero-order chi connectivity index (χ0) is 16.4. The van der Waals surface area contributed by atoms with Gasteiger partial charge in [0.1, 0.15) is 5.76 Å². The van der Waals surface area contributed by atoms with Gasteiger partial charge in [-0.1, -0.05) is 35.5 Å². The van der Waals surface area contributed by atoms with Crippen LogP contribution in [0, 0.1) is 30.6 Å². The summed E-state index contributed by atoms with van der Waals surface area (Å²) in [5.74, 6) is 1.35. The molecule has 0 unspecified atom stereocenters. The summed E-state index contributed by atoms with van der Waals surface area (Å²) >= 11 is 0. The third-order valence-corrected chi connectivity index (χ3v) is 6.09. The third-order valence-electron chi connectivity index (χ3n) is 6.09. The number of carbonyl (C=O) groups is 2. The summed E-state index contributed by atoms with van der Waals surface area (Å²) in [6, 6.07) is 12.0. The van der Waals surface area contributed by atoms with Crippen LogP contribution in [0.25, 0.3) is 0 Å². The first-order valence-corrected chi connectivity index (χ1v) is 8.51. The smallest absolute Gasteiger partial charge is 0.239 e. The van der Waals surface area contributed by atoms with Crippen LogP contribution < -0.4 is 4.90 Å².